The predicted octanol–water partition coefficient (Wildman–Crippen LogP) is -0.677. The van der Waals surface area contributed by atoms with Crippen molar-refractivity contribution in [3.63, 3.8) is 0 Å². The van der Waals surface area contributed by atoms with Crippen LogP contribution in [0.5, 0.6) is 0 Å². The molecule has 3 N–H and O–H groups in total. The molecule has 0 atom stereocenters. The fourth-order valence-corrected chi connectivity index (χ4v) is 2.90. The van der Waals surface area contributed by atoms with Gasteiger partial charge in [-0.15, -0.1) is 0 Å². The first-order valence-corrected chi connectivity index (χ1v) is 7.42. The van der Waals surface area contributed by atoms with Gasteiger partial charge < -0.3 is 15.3 Å². The zero-order chi connectivity index (χ0) is 17.6. The van der Waals surface area contributed by atoms with E-state index in [0.717, 1.165) is 4.90 Å². The summed E-state index contributed by atoms with van der Waals surface area (Å²) in [6, 6.07) is -0.592. The average Bonchev–Trinajstić information content (AvgIpc) is 3.01. The molecule has 0 aliphatic carbocycles. The number of urea groups is 1. The zero-order valence-corrected chi connectivity index (χ0v) is 13.3. The quantitative estimate of drug-likeness (QED) is 0.626. The second-order valence-corrected chi connectivity index (χ2v) is 6.35. The van der Waals surface area contributed by atoms with E-state index >= 15 is 0 Å². The van der Waals surface area contributed by atoms with E-state index in [1.54, 1.807) is 13.8 Å². The Labute approximate surface area is 136 Å². The third-order valence-electron chi connectivity index (χ3n) is 4.23. The molecule has 3 heterocycles. The van der Waals surface area contributed by atoms with E-state index < -0.39 is 23.4 Å². The molecular formula is C14H17N5O5. The minimum absolute atomic E-state index is 0.0343. The number of rotatable bonds is 3. The van der Waals surface area contributed by atoms with Gasteiger partial charge in [0.05, 0.1) is 12.2 Å². The highest BCUT2D eigenvalue weighted by atomic mass is 16.4. The lowest BCUT2D eigenvalue weighted by Gasteiger charge is -2.28. The molecule has 128 valence electrons. The molecule has 0 spiro atoms. The molecule has 0 unspecified atom stereocenters. The molecular weight excluding hydrogens is 318 g/mol. The van der Waals surface area contributed by atoms with Crippen molar-refractivity contribution in [1.82, 2.24) is 25.3 Å². The summed E-state index contributed by atoms with van der Waals surface area (Å²) in [5, 5.41) is 17.9. The van der Waals surface area contributed by atoms with Crippen LogP contribution in [0.25, 0.3) is 0 Å². The summed E-state index contributed by atoms with van der Waals surface area (Å²) in [6.07, 6.45) is 0.352. The van der Waals surface area contributed by atoms with Gasteiger partial charge >= 0.3 is 12.0 Å². The number of nitrogens with one attached hydrogen (secondary N) is 2. The number of aromatic carboxylic acids is 1. The maximum absolute atomic E-state index is 12.4. The molecule has 2 aliphatic rings. The Morgan fingerprint density at radius 2 is 2.04 bits per heavy atom. The second kappa shape index (κ2) is 5.32. The van der Waals surface area contributed by atoms with Crippen LogP contribution in [0.4, 0.5) is 4.79 Å². The topological polar surface area (TPSA) is 136 Å². The van der Waals surface area contributed by atoms with E-state index in [-0.39, 0.29) is 24.7 Å². The summed E-state index contributed by atoms with van der Waals surface area (Å²) in [7, 11) is 0. The van der Waals surface area contributed by atoms with Crippen LogP contribution in [0.3, 0.4) is 0 Å². The molecule has 4 amide bonds. The van der Waals surface area contributed by atoms with Crippen LogP contribution in [0.15, 0.2) is 0 Å². The Morgan fingerprint density at radius 3 is 2.62 bits per heavy atom. The van der Waals surface area contributed by atoms with Crippen LogP contribution in [-0.4, -0.2) is 67.5 Å². The largest absolute Gasteiger partial charge is 0.476 e. The summed E-state index contributed by atoms with van der Waals surface area (Å²) >= 11 is 0. The summed E-state index contributed by atoms with van der Waals surface area (Å²) in [6.45, 7) is 3.27. The fraction of sp³-hybridized carbons (Fsp3) is 0.500. The first kappa shape index (κ1) is 16.0. The van der Waals surface area contributed by atoms with Gasteiger partial charge in [-0.25, -0.2) is 9.59 Å². The number of nitrogens with zero attached hydrogens (tertiary/aromatic N) is 3. The van der Waals surface area contributed by atoms with Gasteiger partial charge in [0.2, 0.25) is 5.91 Å². The third kappa shape index (κ3) is 2.49. The Bertz CT molecular complexity index is 753. The second-order valence-electron chi connectivity index (χ2n) is 6.35. The van der Waals surface area contributed by atoms with E-state index in [1.807, 2.05) is 0 Å². The Hall–Kier alpha value is -2.91. The third-order valence-corrected chi connectivity index (χ3v) is 4.23. The minimum atomic E-state index is -1.12. The molecule has 0 radical (unpaired) electrons. The van der Waals surface area contributed by atoms with Gasteiger partial charge in [-0.1, -0.05) is 0 Å². The van der Waals surface area contributed by atoms with Crippen molar-refractivity contribution < 1.29 is 24.3 Å². The van der Waals surface area contributed by atoms with Gasteiger partial charge in [0.25, 0.3) is 5.91 Å². The Balaban J connectivity index is 1.70. The van der Waals surface area contributed by atoms with Crippen LogP contribution >= 0.6 is 0 Å². The SMILES string of the molecule is CC1(C)NC(=O)N(CC(=O)N2CCc3c(C(=O)O)n[nH]c3C2)C1=O. The monoisotopic (exact) mass is 335 g/mol. The maximum Gasteiger partial charge on any atom is 0.356 e. The highest BCUT2D eigenvalue weighted by Gasteiger charge is 2.45. The minimum Gasteiger partial charge on any atom is -0.476 e. The molecule has 3 rings (SSSR count). The van der Waals surface area contributed by atoms with Gasteiger partial charge in [0.15, 0.2) is 5.69 Å². The Kier molecular flexibility index (Phi) is 3.54. The van der Waals surface area contributed by atoms with Crippen molar-refractivity contribution in [1.29, 1.82) is 0 Å². The number of carboxylic acids is 1. The van der Waals surface area contributed by atoms with Crippen molar-refractivity contribution in [2.45, 2.75) is 32.4 Å². The average molecular weight is 335 g/mol. The standard InChI is InChI=1S/C14H17N5O5/c1-14(2)12(23)19(13(24)15-14)6-9(20)18-4-3-7-8(5-18)16-17-10(7)11(21)22/h3-6H2,1-2H3,(H,15,24)(H,16,17)(H,21,22). The molecule has 0 saturated carbocycles. The molecule has 1 fully saturated rings. The number of carboxylic acid groups (broad SMARTS) is 1. The molecule has 10 nitrogen and oxygen atoms in total. The number of amides is 4. The molecule has 0 aromatic carbocycles. The van der Waals surface area contributed by atoms with Crippen molar-refractivity contribution in [2.75, 3.05) is 13.1 Å². The summed E-state index contributed by atoms with van der Waals surface area (Å²) in [4.78, 5) is 49.8. The highest BCUT2D eigenvalue weighted by Crippen LogP contribution is 2.21. The molecule has 2 aliphatic heterocycles. The highest BCUT2D eigenvalue weighted by molar-refractivity contribution is 6.08. The van der Waals surface area contributed by atoms with Crippen LogP contribution in [0, 0.1) is 0 Å². The van der Waals surface area contributed by atoms with E-state index in [4.69, 9.17) is 5.11 Å². The van der Waals surface area contributed by atoms with E-state index in [9.17, 15) is 19.2 Å². The lowest BCUT2D eigenvalue weighted by molar-refractivity contribution is -0.139. The van der Waals surface area contributed by atoms with Gasteiger partial charge in [-0.3, -0.25) is 19.6 Å². The predicted molar refractivity (Wildman–Crippen MR) is 79.0 cm³/mol. The summed E-state index contributed by atoms with van der Waals surface area (Å²) < 4.78 is 0. The van der Waals surface area contributed by atoms with Crippen LogP contribution in [0.2, 0.25) is 0 Å². The molecule has 24 heavy (non-hydrogen) atoms. The number of aromatic amines is 1. The molecule has 1 aromatic rings. The number of carbonyl (C=O) groups is 4. The maximum atomic E-state index is 12.4. The van der Waals surface area contributed by atoms with Crippen molar-refractivity contribution in [2.24, 2.45) is 0 Å². The molecule has 1 aromatic heterocycles. The number of imide groups is 1. The fourth-order valence-electron chi connectivity index (χ4n) is 2.90. The van der Waals surface area contributed by atoms with Gasteiger partial charge in [0.1, 0.15) is 12.1 Å². The number of hydrogen-bond donors (Lipinski definition) is 3. The van der Waals surface area contributed by atoms with Crippen LogP contribution in [-0.2, 0) is 22.6 Å². The van der Waals surface area contributed by atoms with E-state index in [1.165, 1.54) is 4.90 Å². The van der Waals surface area contributed by atoms with Crippen molar-refractivity contribution in [3.8, 4) is 0 Å². The summed E-state index contributed by atoms with van der Waals surface area (Å²) in [5.41, 5.74) is 0.0896. The van der Waals surface area contributed by atoms with Crippen molar-refractivity contribution >= 4 is 23.8 Å². The normalized spacial score (nSPS) is 19.2. The van der Waals surface area contributed by atoms with E-state index in [2.05, 4.69) is 15.5 Å². The van der Waals surface area contributed by atoms with Crippen LogP contribution in [0.1, 0.15) is 35.6 Å². The molecule has 0 bridgehead atoms. The number of aromatic nitrogens is 2. The lowest BCUT2D eigenvalue weighted by atomic mass is 10.0. The molecule has 10 heteroatoms. The smallest absolute Gasteiger partial charge is 0.356 e. The van der Waals surface area contributed by atoms with Gasteiger partial charge in [-0.05, 0) is 20.3 Å². The first-order valence-electron chi connectivity index (χ1n) is 7.42. The number of H-pyrrole nitrogens is 1. The van der Waals surface area contributed by atoms with Gasteiger partial charge in [-0.2, -0.15) is 5.10 Å². The number of hydrogen-bond acceptors (Lipinski definition) is 5. The zero-order valence-electron chi connectivity index (χ0n) is 13.3. The molecule has 1 saturated heterocycles. The summed E-state index contributed by atoms with van der Waals surface area (Å²) in [5.74, 6) is -1.95. The van der Waals surface area contributed by atoms with Crippen molar-refractivity contribution in [3.05, 3.63) is 17.0 Å². The first-order chi connectivity index (χ1) is 11.2. The lowest BCUT2D eigenvalue weighted by Crippen LogP contribution is -2.45. The Morgan fingerprint density at radius 1 is 1.33 bits per heavy atom. The van der Waals surface area contributed by atoms with Gasteiger partial charge in [0, 0.05) is 12.1 Å². The number of fused-ring (bicyclic) bond motifs is 1. The van der Waals surface area contributed by atoms with Crippen LogP contribution < -0.4 is 5.32 Å². The number of carbonyl (C=O) groups excluding carboxylic acids is 3. The van der Waals surface area contributed by atoms with E-state index in [0.29, 0.717) is 24.2 Å².